The minimum atomic E-state index is -2.38. The second-order valence-electron chi connectivity index (χ2n) is 28.7. The lowest BCUT2D eigenvalue weighted by Crippen LogP contribution is -2.81. The molecule has 3 amide bonds. The molecule has 3 aromatic rings. The van der Waals surface area contributed by atoms with E-state index in [4.69, 9.17) is 18.9 Å². The lowest BCUT2D eigenvalue weighted by atomic mass is 9.47. The Hall–Kier alpha value is -4.87. The van der Waals surface area contributed by atoms with Gasteiger partial charge in [-0.3, -0.25) is 29.0 Å². The number of unbranched alkanes of at least 4 members (excludes halogenated alkanes) is 7. The molecule has 97 heavy (non-hydrogen) atoms. The van der Waals surface area contributed by atoms with E-state index in [2.05, 4.69) is 81.0 Å². The number of nitrogens with zero attached hydrogens (tertiary/aromatic N) is 3. The van der Waals surface area contributed by atoms with Crippen LogP contribution in [0, 0.1) is 11.3 Å². The third-order valence-electron chi connectivity index (χ3n) is 22.5. The van der Waals surface area contributed by atoms with Crippen LogP contribution in [-0.4, -0.2) is 231 Å². The van der Waals surface area contributed by atoms with Crippen LogP contribution in [0.25, 0.3) is 10.9 Å². The number of ketones is 2. The molecule has 7 aliphatic rings. The van der Waals surface area contributed by atoms with Crippen molar-refractivity contribution in [1.82, 2.24) is 30.7 Å². The number of aromatic amines is 1. The maximum Gasteiger partial charge on any atom is 0.407 e. The van der Waals surface area contributed by atoms with Gasteiger partial charge in [0.25, 0.3) is 0 Å². The maximum atomic E-state index is 15.3. The molecule has 0 radical (unpaired) electrons. The highest BCUT2D eigenvalue weighted by Crippen LogP contribution is 2.68. The van der Waals surface area contributed by atoms with E-state index in [1.807, 2.05) is 37.9 Å². The van der Waals surface area contributed by atoms with E-state index < -0.39 is 101 Å². The van der Waals surface area contributed by atoms with Gasteiger partial charge < -0.3 is 80.5 Å². The predicted molar refractivity (Wildman–Crippen MR) is 372 cm³/mol. The maximum absolute atomic E-state index is 15.3. The highest BCUT2D eigenvalue weighted by atomic mass is 33.1. The number of hydrogen-bond acceptors (Lipinski definition) is 21. The number of aromatic nitrogens is 1. The van der Waals surface area contributed by atoms with Crippen LogP contribution in [0.15, 0.2) is 48.6 Å². The smallest absolute Gasteiger partial charge is 0.407 e. The van der Waals surface area contributed by atoms with E-state index in [1.54, 1.807) is 7.11 Å². The number of nitrogens with one attached hydrogen (secondary N) is 4. The van der Waals surface area contributed by atoms with Gasteiger partial charge in [-0.05, 0) is 107 Å². The number of carbonyl (C=O) groups is 5. The third-order valence-corrected chi connectivity index (χ3v) is 25.0. The van der Waals surface area contributed by atoms with Gasteiger partial charge in [0.15, 0.2) is 29.6 Å². The summed E-state index contributed by atoms with van der Waals surface area (Å²) >= 11 is 0. The normalized spacial score (nSPS) is 32.2. The quantitative estimate of drug-likeness (QED) is 0.0148. The Kier molecular flexibility index (Phi) is 25.0. The summed E-state index contributed by atoms with van der Waals surface area (Å²) in [6, 6.07) is 11.6. The van der Waals surface area contributed by atoms with Crippen LogP contribution in [-0.2, 0) is 50.6 Å². The molecule has 3 saturated heterocycles. The molecule has 2 aromatic carbocycles. The molecular formula is C72H107N7O16S2. The summed E-state index contributed by atoms with van der Waals surface area (Å²) in [5.74, 6) is 0.0625. The largest absolute Gasteiger partial charge is 0.496 e. The third kappa shape index (κ3) is 15.2. The summed E-state index contributed by atoms with van der Waals surface area (Å²) < 4.78 is 23.0. The minimum absolute atomic E-state index is 0.00221. The van der Waals surface area contributed by atoms with Crippen molar-refractivity contribution < 1.29 is 78.7 Å². The van der Waals surface area contributed by atoms with Crippen molar-refractivity contribution in [3.8, 4) is 5.75 Å². The topological polar surface area (TPSA) is 325 Å². The molecule has 1 aliphatic carbocycles. The zero-order chi connectivity index (χ0) is 69.5. The van der Waals surface area contributed by atoms with Crippen molar-refractivity contribution in [1.29, 1.82) is 0 Å². The van der Waals surface area contributed by atoms with Crippen molar-refractivity contribution in [2.45, 2.75) is 227 Å². The van der Waals surface area contributed by atoms with Crippen LogP contribution in [0.5, 0.6) is 5.75 Å². The van der Waals surface area contributed by atoms with Crippen LogP contribution >= 0.6 is 21.6 Å². The standard InChI is InChI=1S/C72H107N7O16S2/c1-7-10-15-25-56(83)75-62(76-57(84)26-16-13-11-12-14-19-33-93-63-60(87)59(86)58(85)54(43-80)95-63)52(81)24-20-35-96-97-36-34-94-67(89)73-41-55(82)72(91)65-71(29-32-79-30-21-28-70(9-3,64(71)79)66(72)88)48-37-49(53(92-6)38-51(48)77(65)5)68(4)39-45-40-69(90,8-2)44-78(42-45)31-27-47-46-22-17-18-23-50(46)74-61(47)68/h17-18,21-23,28,37-38,45,54,58-60,62-66,74,80,85-88,90-91H,7-16,19-20,24-27,29-36,39-44H2,1-6H3,(H,73,89)(H,75,83)(H,76,84)/t45-,54?,58?,59-,60+,62-,63?,64-,65+,66+,68+,69-,70+,71+,72-/m0/s1. The number of Topliss-reactive ketones (excluding diaryl/α,β-unsaturated/α-hetero) is 2. The van der Waals surface area contributed by atoms with Crippen LogP contribution in [0.1, 0.15) is 166 Å². The van der Waals surface area contributed by atoms with E-state index >= 15 is 4.79 Å². The summed E-state index contributed by atoms with van der Waals surface area (Å²) in [4.78, 5) is 79.0. The molecule has 16 atom stereocenters. The van der Waals surface area contributed by atoms with Crippen LogP contribution < -0.4 is 25.6 Å². The molecule has 1 aromatic heterocycles. The number of fused-ring (bicyclic) bond motifs is 6. The minimum Gasteiger partial charge on any atom is -0.496 e. The van der Waals surface area contributed by atoms with Crippen molar-refractivity contribution in [3.63, 3.8) is 0 Å². The van der Waals surface area contributed by atoms with E-state index in [0.717, 1.165) is 92.5 Å². The summed E-state index contributed by atoms with van der Waals surface area (Å²) in [5.41, 5.74) is 0.408. The molecule has 4 unspecified atom stereocenters. The van der Waals surface area contributed by atoms with Crippen molar-refractivity contribution >= 4 is 67.7 Å². The van der Waals surface area contributed by atoms with Crippen molar-refractivity contribution in [2.24, 2.45) is 11.3 Å². The van der Waals surface area contributed by atoms with Gasteiger partial charge in [-0.25, -0.2) is 4.79 Å². The number of ether oxygens (including phenoxy) is 4. The van der Waals surface area contributed by atoms with Gasteiger partial charge in [0.1, 0.15) is 42.9 Å². The zero-order valence-corrected chi connectivity index (χ0v) is 59.2. The molecule has 7 heterocycles. The molecule has 6 aliphatic heterocycles. The van der Waals surface area contributed by atoms with Gasteiger partial charge in [-0.1, -0.05) is 111 Å². The second kappa shape index (κ2) is 32.4. The molecule has 4 fully saturated rings. The summed E-state index contributed by atoms with van der Waals surface area (Å²) in [6.07, 6.45) is 5.66. The Morgan fingerprint density at radius 2 is 1.54 bits per heavy atom. The highest BCUT2D eigenvalue weighted by molar-refractivity contribution is 8.76. The molecular weight excluding hydrogens is 1280 g/mol. The lowest BCUT2D eigenvalue weighted by molar-refractivity contribution is -0.301. The summed E-state index contributed by atoms with van der Waals surface area (Å²) in [6.45, 7) is 11.1. The number of piperidine rings is 1. The number of likely N-dealkylation sites (N-methyl/N-ethyl adjacent to an activating group) is 1. The number of H-pyrrole nitrogens is 1. The fourth-order valence-corrected chi connectivity index (χ4v) is 19.7. The Bertz CT molecular complexity index is 3270. The number of alkyl carbamates (subject to hydrolysis) is 1. The number of aliphatic hydroxyl groups excluding tert-OH is 5. The number of amides is 3. The molecule has 10 rings (SSSR count). The van der Waals surface area contributed by atoms with E-state index in [-0.39, 0.29) is 62.0 Å². The fraction of sp³-hybridized carbons (Fsp3) is 0.708. The van der Waals surface area contributed by atoms with Gasteiger partial charge in [0, 0.05) is 127 Å². The molecule has 25 heteroatoms. The summed E-state index contributed by atoms with van der Waals surface area (Å²) in [7, 11) is 6.50. The Balaban J connectivity index is 0.731. The molecule has 538 valence electrons. The van der Waals surface area contributed by atoms with Gasteiger partial charge in [0.2, 0.25) is 11.8 Å². The Labute approximate surface area is 578 Å². The van der Waals surface area contributed by atoms with Crippen molar-refractivity contribution in [3.05, 3.63) is 70.9 Å². The number of aliphatic hydroxyl groups is 7. The number of anilines is 1. The Morgan fingerprint density at radius 3 is 2.26 bits per heavy atom. The molecule has 11 N–H and O–H groups in total. The molecule has 23 nitrogen and oxygen atoms in total. The number of benzene rings is 2. The monoisotopic (exact) mass is 1390 g/mol. The predicted octanol–water partition coefficient (Wildman–Crippen LogP) is 5.81. The van der Waals surface area contributed by atoms with Crippen LogP contribution in [0.4, 0.5) is 10.5 Å². The SMILES string of the molecule is CCCCCC(=O)N[C@@H](NC(=O)CCCCCCCCOC1OC(CO)C(O)[C@H](O)[C@H]1O)C(=O)CCCSSCCOC(=O)NCC(=O)[C@@]1(O)[C@H](O)[C@]2(CC)C=CCN3CC[C@@]4(c5cc([C@@]6(C)C[C@@H]7CN(CCc8c6[nH]c6ccccc86)C[C@](O)(CC)C7)c(OC)cc5N(C)[C@@H]14)[C@@H]32. The average Bonchev–Trinajstić information content (AvgIpc) is 1.51. The van der Waals surface area contributed by atoms with Gasteiger partial charge >= 0.3 is 6.09 Å². The number of para-hydroxylation sites is 1. The van der Waals surface area contributed by atoms with E-state index in [0.29, 0.717) is 88.3 Å². The highest BCUT2D eigenvalue weighted by Gasteiger charge is 2.78. The number of rotatable bonds is 33. The van der Waals surface area contributed by atoms with Crippen molar-refractivity contribution in [2.75, 3.05) is 89.7 Å². The number of methoxy groups -OCH3 is 1. The first kappa shape index (κ1) is 74.8. The van der Waals surface area contributed by atoms with Crippen LogP contribution in [0.2, 0.25) is 0 Å². The van der Waals surface area contributed by atoms with Gasteiger partial charge in [-0.15, -0.1) is 0 Å². The first-order valence-corrected chi connectivity index (χ1v) is 38.1. The van der Waals surface area contributed by atoms with Gasteiger partial charge in [-0.2, -0.15) is 0 Å². The fourth-order valence-electron chi connectivity index (χ4n) is 17.7. The van der Waals surface area contributed by atoms with Gasteiger partial charge in [0.05, 0.1) is 31.9 Å². The first-order valence-electron chi connectivity index (χ1n) is 35.6. The lowest BCUT2D eigenvalue weighted by Gasteiger charge is -2.63. The number of carbonyl (C=O) groups excluding carboxylic acids is 5. The van der Waals surface area contributed by atoms with Crippen LogP contribution in [0.3, 0.4) is 0 Å². The number of hydrogen-bond donors (Lipinski definition) is 11. The van der Waals surface area contributed by atoms with E-state index in [9.17, 15) is 54.9 Å². The average molecular weight is 1390 g/mol. The zero-order valence-electron chi connectivity index (χ0n) is 57.6. The second-order valence-corrected chi connectivity index (χ2v) is 31.4. The van der Waals surface area contributed by atoms with E-state index in [1.165, 1.54) is 32.5 Å². The molecule has 1 saturated carbocycles. The first-order chi connectivity index (χ1) is 46.6. The summed E-state index contributed by atoms with van der Waals surface area (Å²) in [5, 5.41) is 87.5. The molecule has 1 spiro atoms. The Morgan fingerprint density at radius 1 is 0.814 bits per heavy atom. The molecule has 2 bridgehead atoms.